The first kappa shape index (κ1) is 16.8. The molecule has 0 aromatic rings. The van der Waals surface area contributed by atoms with Crippen LogP contribution in [-0.2, 0) is 14.3 Å². The fourth-order valence-corrected chi connectivity index (χ4v) is 5.00. The van der Waals surface area contributed by atoms with Gasteiger partial charge in [0.2, 0.25) is 0 Å². The van der Waals surface area contributed by atoms with Gasteiger partial charge in [0.1, 0.15) is 5.60 Å². The standard InChI is InChI=1S/C18H32O3/c1-13(19)21-16(2,3)14-8-11-17(4)9-7-10-18(5,20-6)15(17)12-14/h14-15H,7-12H2,1-6H3. The van der Waals surface area contributed by atoms with Crippen LogP contribution in [0.1, 0.15) is 73.1 Å². The summed E-state index contributed by atoms with van der Waals surface area (Å²) >= 11 is 0. The predicted molar refractivity (Wildman–Crippen MR) is 84.0 cm³/mol. The summed E-state index contributed by atoms with van der Waals surface area (Å²) in [5.41, 5.74) is -0.0248. The van der Waals surface area contributed by atoms with Crippen molar-refractivity contribution in [3.05, 3.63) is 0 Å². The fourth-order valence-electron chi connectivity index (χ4n) is 5.00. The summed E-state index contributed by atoms with van der Waals surface area (Å²) in [4.78, 5) is 11.4. The van der Waals surface area contributed by atoms with Crippen molar-refractivity contribution >= 4 is 5.97 Å². The molecule has 2 rings (SSSR count). The molecule has 2 aliphatic carbocycles. The Morgan fingerprint density at radius 1 is 1.19 bits per heavy atom. The highest BCUT2D eigenvalue weighted by atomic mass is 16.6. The van der Waals surface area contributed by atoms with Gasteiger partial charge in [-0.2, -0.15) is 0 Å². The molecule has 4 atom stereocenters. The Morgan fingerprint density at radius 3 is 2.43 bits per heavy atom. The first-order valence-corrected chi connectivity index (χ1v) is 8.38. The van der Waals surface area contributed by atoms with Gasteiger partial charge in [0, 0.05) is 14.0 Å². The zero-order valence-electron chi connectivity index (χ0n) is 14.6. The zero-order valence-corrected chi connectivity index (χ0v) is 14.6. The van der Waals surface area contributed by atoms with E-state index in [4.69, 9.17) is 9.47 Å². The van der Waals surface area contributed by atoms with Crippen LogP contribution in [0, 0.1) is 17.3 Å². The second-order valence-corrected chi connectivity index (χ2v) is 8.25. The smallest absolute Gasteiger partial charge is 0.303 e. The van der Waals surface area contributed by atoms with Crippen molar-refractivity contribution in [3.63, 3.8) is 0 Å². The van der Waals surface area contributed by atoms with Crippen LogP contribution in [0.15, 0.2) is 0 Å². The number of hydrogen-bond donors (Lipinski definition) is 0. The first-order valence-electron chi connectivity index (χ1n) is 8.38. The van der Waals surface area contributed by atoms with Crippen LogP contribution in [0.4, 0.5) is 0 Å². The lowest BCUT2D eigenvalue weighted by atomic mass is 9.52. The highest BCUT2D eigenvalue weighted by Gasteiger charge is 2.54. The summed E-state index contributed by atoms with van der Waals surface area (Å²) in [6.45, 7) is 10.3. The summed E-state index contributed by atoms with van der Waals surface area (Å²) in [7, 11) is 1.85. The van der Waals surface area contributed by atoms with Gasteiger partial charge in [0.05, 0.1) is 5.60 Å². The van der Waals surface area contributed by atoms with E-state index in [1.54, 1.807) is 0 Å². The van der Waals surface area contributed by atoms with E-state index < -0.39 is 0 Å². The number of hydrogen-bond acceptors (Lipinski definition) is 3. The highest BCUT2D eigenvalue weighted by Crippen LogP contribution is 2.57. The van der Waals surface area contributed by atoms with Crippen LogP contribution >= 0.6 is 0 Å². The summed E-state index contributed by atoms with van der Waals surface area (Å²) in [6, 6.07) is 0. The number of methoxy groups -OCH3 is 1. The quantitative estimate of drug-likeness (QED) is 0.727. The molecule has 0 spiro atoms. The number of carbonyl (C=O) groups is 1. The van der Waals surface area contributed by atoms with Crippen LogP contribution in [-0.4, -0.2) is 24.3 Å². The van der Waals surface area contributed by atoms with E-state index in [1.165, 1.54) is 26.2 Å². The third-order valence-corrected chi connectivity index (χ3v) is 6.44. The minimum atomic E-state index is -0.376. The van der Waals surface area contributed by atoms with E-state index in [0.717, 1.165) is 19.3 Å². The molecular formula is C18H32O3. The highest BCUT2D eigenvalue weighted by molar-refractivity contribution is 5.66. The molecule has 2 aliphatic rings. The molecule has 3 nitrogen and oxygen atoms in total. The summed E-state index contributed by atoms with van der Waals surface area (Å²) < 4.78 is 11.6. The second-order valence-electron chi connectivity index (χ2n) is 8.25. The summed E-state index contributed by atoms with van der Waals surface area (Å²) in [5, 5.41) is 0. The molecular weight excluding hydrogens is 264 g/mol. The monoisotopic (exact) mass is 296 g/mol. The maximum atomic E-state index is 11.4. The fraction of sp³-hybridized carbons (Fsp3) is 0.944. The van der Waals surface area contributed by atoms with Crippen LogP contribution in [0.5, 0.6) is 0 Å². The van der Waals surface area contributed by atoms with Crippen molar-refractivity contribution in [2.45, 2.75) is 84.3 Å². The Kier molecular flexibility index (Phi) is 4.45. The van der Waals surface area contributed by atoms with E-state index in [0.29, 0.717) is 17.3 Å². The number of rotatable bonds is 3. The molecule has 0 aromatic heterocycles. The molecule has 0 heterocycles. The number of fused-ring (bicyclic) bond motifs is 1. The number of carbonyl (C=O) groups excluding carboxylic acids is 1. The lowest BCUT2D eigenvalue weighted by Gasteiger charge is -2.57. The number of ether oxygens (including phenoxy) is 2. The molecule has 2 saturated carbocycles. The molecule has 0 aliphatic heterocycles. The Bertz CT molecular complexity index is 393. The SMILES string of the molecule is COC1(C)CCCC2(C)CCC(C(C)(C)OC(C)=O)CC21. The minimum Gasteiger partial charge on any atom is -0.460 e. The Hall–Kier alpha value is -0.570. The maximum Gasteiger partial charge on any atom is 0.303 e. The molecule has 2 fully saturated rings. The van der Waals surface area contributed by atoms with Crippen molar-refractivity contribution in [1.82, 2.24) is 0 Å². The average Bonchev–Trinajstić information content (AvgIpc) is 2.36. The van der Waals surface area contributed by atoms with E-state index in [-0.39, 0.29) is 17.2 Å². The molecule has 0 saturated heterocycles. The largest absolute Gasteiger partial charge is 0.460 e. The molecule has 3 heteroatoms. The lowest BCUT2D eigenvalue weighted by molar-refractivity contribution is -0.177. The van der Waals surface area contributed by atoms with Gasteiger partial charge in [-0.1, -0.05) is 13.3 Å². The summed E-state index contributed by atoms with van der Waals surface area (Å²) in [5.74, 6) is 0.802. The van der Waals surface area contributed by atoms with Crippen LogP contribution < -0.4 is 0 Å². The molecule has 0 N–H and O–H groups in total. The molecule has 0 radical (unpaired) electrons. The molecule has 4 unspecified atom stereocenters. The van der Waals surface area contributed by atoms with Gasteiger partial charge < -0.3 is 9.47 Å². The Balaban J connectivity index is 2.20. The van der Waals surface area contributed by atoms with Gasteiger partial charge in [-0.25, -0.2) is 0 Å². The minimum absolute atomic E-state index is 0.0298. The third-order valence-electron chi connectivity index (χ3n) is 6.44. The van der Waals surface area contributed by atoms with Gasteiger partial charge in [0.25, 0.3) is 0 Å². The molecule has 21 heavy (non-hydrogen) atoms. The topological polar surface area (TPSA) is 35.5 Å². The molecule has 0 amide bonds. The maximum absolute atomic E-state index is 11.4. The van der Waals surface area contributed by atoms with Crippen molar-refractivity contribution < 1.29 is 14.3 Å². The Morgan fingerprint density at radius 2 is 1.86 bits per heavy atom. The van der Waals surface area contributed by atoms with E-state index in [2.05, 4.69) is 27.7 Å². The zero-order chi connectivity index (χ0) is 15.9. The molecule has 0 bridgehead atoms. The normalized spacial score (nSPS) is 40.5. The van der Waals surface area contributed by atoms with E-state index in [1.807, 2.05) is 7.11 Å². The first-order chi connectivity index (χ1) is 9.63. The number of esters is 1. The van der Waals surface area contributed by atoms with Crippen molar-refractivity contribution in [2.24, 2.45) is 17.3 Å². The van der Waals surface area contributed by atoms with Gasteiger partial charge in [0.15, 0.2) is 0 Å². The van der Waals surface area contributed by atoms with Gasteiger partial charge in [-0.05, 0) is 70.1 Å². The van der Waals surface area contributed by atoms with Gasteiger partial charge >= 0.3 is 5.97 Å². The van der Waals surface area contributed by atoms with Crippen LogP contribution in [0.2, 0.25) is 0 Å². The average molecular weight is 296 g/mol. The van der Waals surface area contributed by atoms with Crippen LogP contribution in [0.25, 0.3) is 0 Å². The van der Waals surface area contributed by atoms with Crippen molar-refractivity contribution in [3.8, 4) is 0 Å². The molecule has 122 valence electrons. The van der Waals surface area contributed by atoms with Crippen LogP contribution in [0.3, 0.4) is 0 Å². The Labute approximate surface area is 129 Å². The van der Waals surface area contributed by atoms with Crippen molar-refractivity contribution in [1.29, 1.82) is 0 Å². The van der Waals surface area contributed by atoms with Gasteiger partial charge in [-0.3, -0.25) is 4.79 Å². The van der Waals surface area contributed by atoms with E-state index in [9.17, 15) is 4.79 Å². The summed E-state index contributed by atoms with van der Waals surface area (Å²) in [6.07, 6.45) is 7.16. The molecule has 0 aromatic carbocycles. The van der Waals surface area contributed by atoms with E-state index >= 15 is 0 Å². The van der Waals surface area contributed by atoms with Gasteiger partial charge in [-0.15, -0.1) is 0 Å². The lowest BCUT2D eigenvalue weighted by Crippen LogP contribution is -2.54. The third kappa shape index (κ3) is 3.13. The second kappa shape index (κ2) is 5.57. The van der Waals surface area contributed by atoms with Crippen molar-refractivity contribution in [2.75, 3.05) is 7.11 Å². The predicted octanol–water partition coefficient (Wildman–Crippen LogP) is 4.34.